The van der Waals surface area contributed by atoms with Crippen LogP contribution in [0.4, 0.5) is 0 Å². The van der Waals surface area contributed by atoms with Crippen LogP contribution in [-0.4, -0.2) is 31.1 Å². The molecule has 1 rings (SSSR count). The van der Waals surface area contributed by atoms with Gasteiger partial charge in [-0.3, -0.25) is 0 Å². The average Bonchev–Trinajstić information content (AvgIpc) is 2.34. The molecular formula is C6H15ClN2O. The zero-order chi connectivity index (χ0) is 6.53. The fourth-order valence-electron chi connectivity index (χ4n) is 1.19. The Kier molecular flexibility index (Phi) is 6.02. The number of rotatable bonds is 3. The maximum absolute atomic E-state index is 4.88. The zero-order valence-corrected chi connectivity index (χ0v) is 6.90. The van der Waals surface area contributed by atoms with Crippen LogP contribution in [0.2, 0.25) is 0 Å². The summed E-state index contributed by atoms with van der Waals surface area (Å²) in [6.45, 7) is 4.11. The Hall–Kier alpha value is 0.170. The number of hydrogen-bond acceptors (Lipinski definition) is 3. The number of likely N-dealkylation sites (tertiary alicyclic amines) is 1. The Balaban J connectivity index is 0.000000810. The Labute approximate surface area is 67.9 Å². The molecular weight excluding hydrogens is 152 g/mol. The summed E-state index contributed by atoms with van der Waals surface area (Å²) in [6.07, 6.45) is 2.68. The summed E-state index contributed by atoms with van der Waals surface area (Å²) in [5, 5.41) is 0. The van der Waals surface area contributed by atoms with Gasteiger partial charge in [0.2, 0.25) is 0 Å². The van der Waals surface area contributed by atoms with Crippen LogP contribution in [-0.2, 0) is 4.84 Å². The molecule has 0 atom stereocenters. The Bertz CT molecular complexity index is 76.1. The van der Waals surface area contributed by atoms with Gasteiger partial charge < -0.3 is 9.74 Å². The van der Waals surface area contributed by atoms with Gasteiger partial charge in [-0.15, -0.1) is 12.4 Å². The number of nitrogens with zero attached hydrogens (tertiary/aromatic N) is 1. The molecule has 0 amide bonds. The summed E-state index contributed by atoms with van der Waals surface area (Å²) in [6, 6.07) is 0. The van der Waals surface area contributed by atoms with E-state index >= 15 is 0 Å². The Morgan fingerprint density at radius 3 is 2.40 bits per heavy atom. The first-order valence-corrected chi connectivity index (χ1v) is 3.47. The molecule has 0 aromatic rings. The lowest BCUT2D eigenvalue weighted by Crippen LogP contribution is -2.24. The topological polar surface area (TPSA) is 38.5 Å². The largest absolute Gasteiger partial charge is 0.303 e. The van der Waals surface area contributed by atoms with Crippen LogP contribution in [0.15, 0.2) is 0 Å². The van der Waals surface area contributed by atoms with E-state index in [0.29, 0.717) is 6.61 Å². The van der Waals surface area contributed by atoms with Gasteiger partial charge in [-0.25, -0.2) is 5.90 Å². The summed E-state index contributed by atoms with van der Waals surface area (Å²) < 4.78 is 0. The molecule has 4 heteroatoms. The second kappa shape index (κ2) is 5.92. The fraction of sp³-hybridized carbons (Fsp3) is 1.00. The summed E-state index contributed by atoms with van der Waals surface area (Å²) in [5.41, 5.74) is 0. The third-order valence-corrected chi connectivity index (χ3v) is 1.72. The molecule has 3 nitrogen and oxygen atoms in total. The van der Waals surface area contributed by atoms with Crippen molar-refractivity contribution in [1.29, 1.82) is 0 Å². The van der Waals surface area contributed by atoms with Gasteiger partial charge in [-0.2, -0.15) is 0 Å². The van der Waals surface area contributed by atoms with Crippen LogP contribution in [0.1, 0.15) is 12.8 Å². The highest BCUT2D eigenvalue weighted by Crippen LogP contribution is 2.05. The molecule has 10 heavy (non-hydrogen) atoms. The van der Waals surface area contributed by atoms with Crippen LogP contribution in [0.25, 0.3) is 0 Å². The second-order valence-corrected chi connectivity index (χ2v) is 2.42. The van der Waals surface area contributed by atoms with Gasteiger partial charge in [0.1, 0.15) is 0 Å². The lowest BCUT2D eigenvalue weighted by Gasteiger charge is -2.11. The van der Waals surface area contributed by atoms with Crippen molar-refractivity contribution in [1.82, 2.24) is 4.90 Å². The average molecular weight is 167 g/mol. The third-order valence-electron chi connectivity index (χ3n) is 1.72. The second-order valence-electron chi connectivity index (χ2n) is 2.42. The molecule has 1 saturated heterocycles. The van der Waals surface area contributed by atoms with Crippen molar-refractivity contribution in [3.05, 3.63) is 0 Å². The van der Waals surface area contributed by atoms with Crippen molar-refractivity contribution in [2.24, 2.45) is 5.90 Å². The van der Waals surface area contributed by atoms with Crippen molar-refractivity contribution in [2.45, 2.75) is 12.8 Å². The van der Waals surface area contributed by atoms with Crippen LogP contribution >= 0.6 is 12.4 Å². The van der Waals surface area contributed by atoms with Gasteiger partial charge in [0.25, 0.3) is 0 Å². The normalized spacial score (nSPS) is 18.9. The molecule has 0 aromatic heterocycles. The Morgan fingerprint density at radius 2 is 1.90 bits per heavy atom. The van der Waals surface area contributed by atoms with Crippen molar-refractivity contribution in [3.8, 4) is 0 Å². The molecule has 1 fully saturated rings. The molecule has 2 N–H and O–H groups in total. The van der Waals surface area contributed by atoms with Crippen molar-refractivity contribution < 1.29 is 4.84 Å². The van der Waals surface area contributed by atoms with Crippen LogP contribution in [0.3, 0.4) is 0 Å². The SMILES string of the molecule is Cl.NOCCN1CCCC1. The molecule has 0 aromatic carbocycles. The molecule has 0 radical (unpaired) electrons. The first-order chi connectivity index (χ1) is 4.43. The van der Waals surface area contributed by atoms with Crippen LogP contribution in [0, 0.1) is 0 Å². The van der Waals surface area contributed by atoms with E-state index in [4.69, 9.17) is 5.90 Å². The zero-order valence-electron chi connectivity index (χ0n) is 6.08. The summed E-state index contributed by atoms with van der Waals surface area (Å²) in [7, 11) is 0. The molecule has 0 spiro atoms. The first kappa shape index (κ1) is 10.2. The minimum Gasteiger partial charge on any atom is -0.303 e. The third kappa shape index (κ3) is 3.37. The predicted molar refractivity (Wildman–Crippen MR) is 43.1 cm³/mol. The van der Waals surface area contributed by atoms with Gasteiger partial charge in [0, 0.05) is 6.54 Å². The maximum Gasteiger partial charge on any atom is 0.0806 e. The standard InChI is InChI=1S/C6H14N2O.ClH/c7-9-6-5-8-3-1-2-4-8;/h1-7H2;1H. The van der Waals surface area contributed by atoms with Gasteiger partial charge in [0.15, 0.2) is 0 Å². The van der Waals surface area contributed by atoms with Crippen molar-refractivity contribution in [3.63, 3.8) is 0 Å². The molecule has 1 heterocycles. The van der Waals surface area contributed by atoms with Gasteiger partial charge >= 0.3 is 0 Å². The van der Waals surface area contributed by atoms with Crippen LogP contribution < -0.4 is 5.90 Å². The highest BCUT2D eigenvalue weighted by atomic mass is 35.5. The van der Waals surface area contributed by atoms with E-state index in [1.807, 2.05) is 0 Å². The van der Waals surface area contributed by atoms with Gasteiger partial charge in [0.05, 0.1) is 6.61 Å². The lowest BCUT2D eigenvalue weighted by molar-refractivity contribution is 0.113. The van der Waals surface area contributed by atoms with E-state index in [0.717, 1.165) is 6.54 Å². The highest BCUT2D eigenvalue weighted by Gasteiger charge is 2.09. The van der Waals surface area contributed by atoms with E-state index in [2.05, 4.69) is 9.74 Å². The number of nitrogens with two attached hydrogens (primary N) is 1. The lowest BCUT2D eigenvalue weighted by atomic mass is 10.4. The first-order valence-electron chi connectivity index (χ1n) is 3.47. The minimum atomic E-state index is 0. The molecule has 1 aliphatic rings. The summed E-state index contributed by atoms with van der Waals surface area (Å²) in [5.74, 6) is 4.88. The molecule has 0 aliphatic carbocycles. The molecule has 0 unspecified atom stereocenters. The predicted octanol–water partition coefficient (Wildman–Crippen LogP) is 0.394. The molecule has 0 bridgehead atoms. The minimum absolute atomic E-state index is 0. The van der Waals surface area contributed by atoms with E-state index in [1.165, 1.54) is 25.9 Å². The quantitative estimate of drug-likeness (QED) is 0.617. The maximum atomic E-state index is 4.88. The van der Waals surface area contributed by atoms with Crippen LogP contribution in [0.5, 0.6) is 0 Å². The van der Waals surface area contributed by atoms with Gasteiger partial charge in [-0.05, 0) is 25.9 Å². The van der Waals surface area contributed by atoms with E-state index in [-0.39, 0.29) is 12.4 Å². The summed E-state index contributed by atoms with van der Waals surface area (Å²) in [4.78, 5) is 6.83. The number of halogens is 1. The molecule has 62 valence electrons. The fourth-order valence-corrected chi connectivity index (χ4v) is 1.19. The van der Waals surface area contributed by atoms with Crippen molar-refractivity contribution in [2.75, 3.05) is 26.2 Å². The molecule has 0 saturated carbocycles. The smallest absolute Gasteiger partial charge is 0.0806 e. The van der Waals surface area contributed by atoms with E-state index in [1.54, 1.807) is 0 Å². The Morgan fingerprint density at radius 1 is 1.30 bits per heavy atom. The molecule has 1 aliphatic heterocycles. The van der Waals surface area contributed by atoms with Gasteiger partial charge in [-0.1, -0.05) is 0 Å². The number of hydrogen-bond donors (Lipinski definition) is 1. The van der Waals surface area contributed by atoms with E-state index < -0.39 is 0 Å². The van der Waals surface area contributed by atoms with E-state index in [9.17, 15) is 0 Å². The highest BCUT2D eigenvalue weighted by molar-refractivity contribution is 5.85. The van der Waals surface area contributed by atoms with Crippen molar-refractivity contribution >= 4 is 12.4 Å². The summed E-state index contributed by atoms with van der Waals surface area (Å²) >= 11 is 0. The monoisotopic (exact) mass is 166 g/mol.